The van der Waals surface area contributed by atoms with Gasteiger partial charge in [-0.3, -0.25) is 19.3 Å². The van der Waals surface area contributed by atoms with Gasteiger partial charge in [0.25, 0.3) is 11.1 Å². The molecule has 0 bridgehead atoms. The van der Waals surface area contributed by atoms with E-state index in [-0.39, 0.29) is 11.5 Å². The number of carbonyl (C=O) groups excluding carboxylic acids is 4. The zero-order valence-corrected chi connectivity index (χ0v) is 15.7. The van der Waals surface area contributed by atoms with Crippen molar-refractivity contribution < 1.29 is 28.3 Å². The van der Waals surface area contributed by atoms with Crippen molar-refractivity contribution in [3.05, 3.63) is 52.6 Å². The summed E-state index contributed by atoms with van der Waals surface area (Å²) in [4.78, 5) is 47.8. The summed E-state index contributed by atoms with van der Waals surface area (Å²) >= 11 is 0.705. The number of hydrogen-bond acceptors (Lipinski definition) is 7. The van der Waals surface area contributed by atoms with E-state index in [0.29, 0.717) is 34.4 Å². The predicted molar refractivity (Wildman–Crippen MR) is 102 cm³/mol. The number of primary amides is 1. The van der Waals surface area contributed by atoms with Gasteiger partial charge >= 0.3 is 5.97 Å². The van der Waals surface area contributed by atoms with E-state index < -0.39 is 29.6 Å². The van der Waals surface area contributed by atoms with Crippen LogP contribution in [0.4, 0.5) is 4.79 Å². The molecule has 1 aliphatic heterocycles. The number of imide groups is 1. The fourth-order valence-electron chi connectivity index (χ4n) is 2.52. The normalized spacial score (nSPS) is 15.3. The standard InChI is InChI=1S/C19H16N2O6S/c1-2-26-18(24)12-5-3-4-11(8-12)14-7-6-13(27-14)9-15-17(23)21(10-16(20)22)19(25)28-15/h3-9H,2,10H2,1H3,(H2,20,22)/b15-9-. The minimum Gasteiger partial charge on any atom is -0.462 e. The van der Waals surface area contributed by atoms with Crippen LogP contribution in [0.25, 0.3) is 17.4 Å². The molecule has 1 aromatic heterocycles. The van der Waals surface area contributed by atoms with Crippen molar-refractivity contribution in [3.8, 4) is 11.3 Å². The molecule has 1 fully saturated rings. The number of nitrogens with two attached hydrogens (primary N) is 1. The molecule has 0 spiro atoms. The van der Waals surface area contributed by atoms with Crippen LogP contribution in [0.1, 0.15) is 23.0 Å². The lowest BCUT2D eigenvalue weighted by atomic mass is 10.1. The summed E-state index contributed by atoms with van der Waals surface area (Å²) in [5, 5.41) is -0.566. The largest absolute Gasteiger partial charge is 0.462 e. The molecule has 144 valence electrons. The molecule has 2 aromatic rings. The summed E-state index contributed by atoms with van der Waals surface area (Å²) < 4.78 is 10.7. The Kier molecular flexibility index (Phi) is 5.65. The average molecular weight is 400 g/mol. The number of thioether (sulfide) groups is 1. The highest BCUT2D eigenvalue weighted by Crippen LogP contribution is 2.33. The summed E-state index contributed by atoms with van der Waals surface area (Å²) in [5.74, 6) is -0.976. The van der Waals surface area contributed by atoms with E-state index in [1.165, 1.54) is 6.08 Å². The third-order valence-corrected chi connectivity index (χ3v) is 4.65. The lowest BCUT2D eigenvalue weighted by molar-refractivity contribution is -0.127. The molecule has 1 saturated heterocycles. The molecule has 0 aliphatic carbocycles. The van der Waals surface area contributed by atoms with Crippen molar-refractivity contribution in [1.82, 2.24) is 4.90 Å². The summed E-state index contributed by atoms with van der Waals surface area (Å²) in [6.07, 6.45) is 1.42. The second-order valence-corrected chi connectivity index (χ2v) is 6.73. The zero-order chi connectivity index (χ0) is 20.3. The second kappa shape index (κ2) is 8.13. The van der Waals surface area contributed by atoms with Gasteiger partial charge in [-0.25, -0.2) is 4.79 Å². The molecular formula is C19H16N2O6S. The number of esters is 1. The topological polar surface area (TPSA) is 120 Å². The van der Waals surface area contributed by atoms with Gasteiger partial charge in [-0.2, -0.15) is 0 Å². The first kappa shape index (κ1) is 19.4. The van der Waals surface area contributed by atoms with Gasteiger partial charge in [0.2, 0.25) is 5.91 Å². The van der Waals surface area contributed by atoms with Crippen LogP contribution < -0.4 is 5.73 Å². The second-order valence-electron chi connectivity index (χ2n) is 5.74. The van der Waals surface area contributed by atoms with E-state index in [1.807, 2.05) is 0 Å². The first-order valence-electron chi connectivity index (χ1n) is 8.30. The highest BCUT2D eigenvalue weighted by Gasteiger charge is 2.36. The fraction of sp³-hybridized carbons (Fsp3) is 0.158. The maximum absolute atomic E-state index is 12.2. The SMILES string of the molecule is CCOC(=O)c1cccc(-c2ccc(/C=C3\SC(=O)N(CC(N)=O)C3=O)o2)c1. The minimum atomic E-state index is -0.773. The maximum Gasteiger partial charge on any atom is 0.338 e. The van der Waals surface area contributed by atoms with Gasteiger partial charge in [-0.1, -0.05) is 12.1 Å². The van der Waals surface area contributed by atoms with Crippen LogP contribution >= 0.6 is 11.8 Å². The summed E-state index contributed by atoms with van der Waals surface area (Å²) in [6, 6.07) is 10.1. The number of benzene rings is 1. The Morgan fingerprint density at radius 2 is 2.04 bits per heavy atom. The zero-order valence-electron chi connectivity index (χ0n) is 14.8. The molecule has 1 aromatic carbocycles. The van der Waals surface area contributed by atoms with Gasteiger partial charge in [-0.15, -0.1) is 0 Å². The Balaban J connectivity index is 1.82. The van der Waals surface area contributed by atoms with Crippen LogP contribution in [0.3, 0.4) is 0 Å². The van der Waals surface area contributed by atoms with Gasteiger partial charge in [0.1, 0.15) is 18.1 Å². The molecule has 1 aliphatic rings. The number of carbonyl (C=O) groups is 4. The van der Waals surface area contributed by atoms with Gasteiger partial charge in [-0.05, 0) is 43.0 Å². The number of rotatable bonds is 6. The van der Waals surface area contributed by atoms with E-state index in [4.69, 9.17) is 14.9 Å². The fourth-order valence-corrected chi connectivity index (χ4v) is 3.34. The quantitative estimate of drug-likeness (QED) is 0.584. The lowest BCUT2D eigenvalue weighted by Crippen LogP contribution is -2.36. The Morgan fingerprint density at radius 3 is 2.75 bits per heavy atom. The molecule has 0 atom stereocenters. The molecule has 3 amide bonds. The van der Waals surface area contributed by atoms with Crippen molar-refractivity contribution in [1.29, 1.82) is 0 Å². The molecule has 8 nitrogen and oxygen atoms in total. The highest BCUT2D eigenvalue weighted by atomic mass is 32.2. The molecule has 0 saturated carbocycles. The monoisotopic (exact) mass is 400 g/mol. The van der Waals surface area contributed by atoms with Crippen LogP contribution in [0.15, 0.2) is 45.7 Å². The molecular weight excluding hydrogens is 384 g/mol. The average Bonchev–Trinajstić information content (AvgIpc) is 3.22. The lowest BCUT2D eigenvalue weighted by Gasteiger charge is -2.08. The number of ether oxygens (including phenoxy) is 1. The number of nitrogens with zero attached hydrogens (tertiary/aromatic N) is 1. The Hall–Kier alpha value is -3.33. The van der Waals surface area contributed by atoms with Crippen LogP contribution in [0.2, 0.25) is 0 Å². The van der Waals surface area contributed by atoms with Gasteiger partial charge in [0.05, 0.1) is 17.1 Å². The summed E-state index contributed by atoms with van der Waals surface area (Å²) in [6.45, 7) is 1.54. The first-order valence-corrected chi connectivity index (χ1v) is 9.11. The Bertz CT molecular complexity index is 994. The van der Waals surface area contributed by atoms with Gasteiger partial charge in [0.15, 0.2) is 0 Å². The van der Waals surface area contributed by atoms with Crippen LogP contribution in [-0.2, 0) is 14.3 Å². The first-order chi connectivity index (χ1) is 13.4. The Labute approximate surface area is 164 Å². The van der Waals surface area contributed by atoms with E-state index >= 15 is 0 Å². The van der Waals surface area contributed by atoms with Crippen molar-refractivity contribution in [3.63, 3.8) is 0 Å². The van der Waals surface area contributed by atoms with Crippen LogP contribution in [0, 0.1) is 0 Å². The number of hydrogen-bond donors (Lipinski definition) is 1. The van der Waals surface area contributed by atoms with E-state index in [9.17, 15) is 19.2 Å². The molecule has 0 unspecified atom stereocenters. The van der Waals surface area contributed by atoms with Crippen molar-refractivity contribution in [2.75, 3.05) is 13.2 Å². The molecule has 9 heteroatoms. The van der Waals surface area contributed by atoms with Crippen molar-refractivity contribution >= 4 is 40.9 Å². The number of amides is 3. The van der Waals surface area contributed by atoms with Crippen LogP contribution in [-0.4, -0.2) is 41.1 Å². The third-order valence-electron chi connectivity index (χ3n) is 3.75. The number of furan rings is 1. The smallest absolute Gasteiger partial charge is 0.338 e. The molecule has 28 heavy (non-hydrogen) atoms. The molecule has 2 N–H and O–H groups in total. The summed E-state index contributed by atoms with van der Waals surface area (Å²) in [7, 11) is 0. The minimum absolute atomic E-state index is 0.132. The highest BCUT2D eigenvalue weighted by molar-refractivity contribution is 8.18. The molecule has 2 heterocycles. The van der Waals surface area contributed by atoms with Crippen molar-refractivity contribution in [2.45, 2.75) is 6.92 Å². The molecule has 3 rings (SSSR count). The van der Waals surface area contributed by atoms with Crippen molar-refractivity contribution in [2.24, 2.45) is 5.73 Å². The van der Waals surface area contributed by atoms with E-state index in [2.05, 4.69) is 0 Å². The third kappa shape index (κ3) is 4.15. The van der Waals surface area contributed by atoms with Gasteiger partial charge < -0.3 is 14.9 Å². The van der Waals surface area contributed by atoms with E-state index in [0.717, 1.165) is 4.90 Å². The van der Waals surface area contributed by atoms with Gasteiger partial charge in [0, 0.05) is 11.6 Å². The maximum atomic E-state index is 12.2. The predicted octanol–water partition coefficient (Wildman–Crippen LogP) is 2.64. The Morgan fingerprint density at radius 1 is 1.25 bits per heavy atom. The summed E-state index contributed by atoms with van der Waals surface area (Å²) in [5.41, 5.74) is 6.10. The van der Waals surface area contributed by atoms with Crippen LogP contribution in [0.5, 0.6) is 0 Å². The molecule has 0 radical (unpaired) electrons. The van der Waals surface area contributed by atoms with E-state index in [1.54, 1.807) is 43.3 Å².